The number of nitrogens with two attached hydrogens (primary N) is 1. The molecule has 0 spiro atoms. The summed E-state index contributed by atoms with van der Waals surface area (Å²) in [5.74, 6) is 0. The van der Waals surface area contributed by atoms with E-state index in [4.69, 9.17) is 5.73 Å². The molecule has 0 saturated carbocycles. The van der Waals surface area contributed by atoms with E-state index in [9.17, 15) is 17.6 Å². The van der Waals surface area contributed by atoms with Crippen LogP contribution in [-0.2, 0) is 10.5 Å². The van der Waals surface area contributed by atoms with Gasteiger partial charge in [0.2, 0.25) is 0 Å². The fraction of sp³-hybridized carbons (Fsp3) is 0.333. The Morgan fingerprint density at radius 1 is 1.30 bits per heavy atom. The summed E-state index contributed by atoms with van der Waals surface area (Å²) in [5.41, 5.74) is 7.38. The first-order valence-corrected chi connectivity index (χ1v) is 5.70. The van der Waals surface area contributed by atoms with Crippen LogP contribution in [0.3, 0.4) is 0 Å². The van der Waals surface area contributed by atoms with Crippen LogP contribution in [0.4, 0.5) is 23.2 Å². The Morgan fingerprint density at radius 2 is 2.00 bits per heavy atom. The van der Waals surface area contributed by atoms with Crippen LogP contribution in [0.2, 0.25) is 0 Å². The van der Waals surface area contributed by atoms with Gasteiger partial charge in [-0.05, 0) is 30.7 Å². The van der Waals surface area contributed by atoms with Crippen molar-refractivity contribution in [3.63, 3.8) is 0 Å². The molecule has 0 saturated heterocycles. The normalized spacial score (nSPS) is 22.2. The summed E-state index contributed by atoms with van der Waals surface area (Å²) in [5, 5.41) is 0.397. The van der Waals surface area contributed by atoms with E-state index in [-0.39, 0.29) is 5.56 Å². The summed E-state index contributed by atoms with van der Waals surface area (Å²) < 4.78 is 55.0. The van der Waals surface area contributed by atoms with Crippen LogP contribution in [0.15, 0.2) is 30.5 Å². The van der Waals surface area contributed by atoms with E-state index in [1.54, 1.807) is 6.92 Å². The first kappa shape index (κ1) is 14.6. The van der Waals surface area contributed by atoms with Crippen molar-refractivity contribution in [2.75, 3.05) is 5.73 Å². The highest BCUT2D eigenvalue weighted by molar-refractivity contribution is 5.49. The third-order valence-electron chi connectivity index (χ3n) is 2.95. The molecule has 0 bridgehead atoms. The maximum Gasteiger partial charge on any atom is 0.347 e. The van der Waals surface area contributed by atoms with Gasteiger partial charge in [-0.1, -0.05) is 6.07 Å². The third kappa shape index (κ3) is 2.70. The first-order valence-electron chi connectivity index (χ1n) is 5.70. The average molecular weight is 291 g/mol. The van der Waals surface area contributed by atoms with Crippen LogP contribution in [0.5, 0.6) is 0 Å². The van der Waals surface area contributed by atoms with Crippen molar-refractivity contribution in [3.8, 4) is 0 Å². The van der Waals surface area contributed by atoms with Crippen molar-refractivity contribution in [1.29, 1.82) is 0 Å². The van der Waals surface area contributed by atoms with Crippen LogP contribution in [-0.4, -0.2) is 18.2 Å². The van der Waals surface area contributed by atoms with Gasteiger partial charge in [0, 0.05) is 17.5 Å². The molecule has 3 N–H and O–H groups in total. The summed E-state index contributed by atoms with van der Waals surface area (Å²) in [4.78, 5) is 0. The number of nitrogens with one attached hydrogen (secondary N) is 1. The molecule has 1 heterocycles. The lowest BCUT2D eigenvalue weighted by molar-refractivity contribution is -0.223. The van der Waals surface area contributed by atoms with Crippen molar-refractivity contribution < 1.29 is 22.3 Å². The van der Waals surface area contributed by atoms with E-state index in [1.165, 1.54) is 18.2 Å². The molecule has 1 aliphatic rings. The van der Waals surface area contributed by atoms with Gasteiger partial charge in [-0.2, -0.15) is 23.0 Å². The molecule has 0 radical (unpaired) electrons. The molecule has 0 amide bonds. The van der Waals surface area contributed by atoms with E-state index in [2.05, 4.69) is 10.2 Å². The van der Waals surface area contributed by atoms with Crippen molar-refractivity contribution in [2.45, 2.75) is 25.8 Å². The van der Waals surface area contributed by atoms with Crippen molar-refractivity contribution in [2.24, 2.45) is 0 Å². The predicted molar refractivity (Wildman–Crippen MR) is 64.5 cm³/mol. The Labute approximate surface area is 112 Å². The molecule has 0 aliphatic carbocycles. The zero-order valence-electron chi connectivity index (χ0n) is 10.5. The van der Waals surface area contributed by atoms with Crippen molar-refractivity contribution in [1.82, 2.24) is 10.4 Å². The number of rotatable bonds is 4. The SMILES string of the molecule is Cc1cc(C2(OC(F)F)C=CN(C(F)F)N2)ccc1N. The molecule has 1 aliphatic heterocycles. The average Bonchev–Trinajstić information content (AvgIpc) is 2.77. The summed E-state index contributed by atoms with van der Waals surface area (Å²) in [6, 6.07) is 4.45. The van der Waals surface area contributed by atoms with Crippen LogP contribution < -0.4 is 11.2 Å². The first-order chi connectivity index (χ1) is 9.34. The van der Waals surface area contributed by atoms with Crippen LogP contribution in [0.25, 0.3) is 0 Å². The number of hydrogen-bond acceptors (Lipinski definition) is 4. The largest absolute Gasteiger partial charge is 0.399 e. The second kappa shape index (κ2) is 5.29. The Kier molecular flexibility index (Phi) is 3.87. The molecule has 0 fully saturated rings. The number of anilines is 1. The Hall–Kier alpha value is -1.80. The Morgan fingerprint density at radius 3 is 2.50 bits per heavy atom. The zero-order chi connectivity index (χ0) is 14.9. The van der Waals surface area contributed by atoms with Gasteiger partial charge < -0.3 is 5.73 Å². The van der Waals surface area contributed by atoms with Gasteiger partial charge in [-0.25, -0.2) is 0 Å². The molecule has 1 atom stereocenters. The number of nitrogen functional groups attached to an aromatic ring is 1. The molecule has 20 heavy (non-hydrogen) atoms. The minimum Gasteiger partial charge on any atom is -0.399 e. The number of hydrazine groups is 1. The molecule has 2 rings (SSSR count). The van der Waals surface area contributed by atoms with E-state index in [0.717, 1.165) is 12.3 Å². The molecule has 1 aromatic carbocycles. The fourth-order valence-electron chi connectivity index (χ4n) is 1.91. The lowest BCUT2D eigenvalue weighted by atomic mass is 10.0. The zero-order valence-corrected chi connectivity index (χ0v) is 10.5. The van der Waals surface area contributed by atoms with Crippen LogP contribution in [0, 0.1) is 6.92 Å². The number of alkyl halides is 4. The van der Waals surface area contributed by atoms with Gasteiger partial charge in [0.05, 0.1) is 0 Å². The highest BCUT2D eigenvalue weighted by Crippen LogP contribution is 2.33. The van der Waals surface area contributed by atoms with Gasteiger partial charge in [-0.15, -0.1) is 0 Å². The molecular weight excluding hydrogens is 278 g/mol. The summed E-state index contributed by atoms with van der Waals surface area (Å²) in [6.07, 6.45) is 2.06. The molecular formula is C12H13F4N3O. The molecule has 110 valence electrons. The highest BCUT2D eigenvalue weighted by Gasteiger charge is 2.41. The lowest BCUT2D eigenvalue weighted by Gasteiger charge is -2.31. The molecule has 0 aromatic heterocycles. The second-order valence-corrected chi connectivity index (χ2v) is 4.30. The summed E-state index contributed by atoms with van der Waals surface area (Å²) in [7, 11) is 0. The Bertz CT molecular complexity index is 523. The molecule has 4 nitrogen and oxygen atoms in total. The van der Waals surface area contributed by atoms with E-state index >= 15 is 0 Å². The molecule has 1 unspecified atom stereocenters. The minimum atomic E-state index is -3.14. The highest BCUT2D eigenvalue weighted by atomic mass is 19.3. The van der Waals surface area contributed by atoms with Crippen LogP contribution >= 0.6 is 0 Å². The molecule has 8 heteroatoms. The van der Waals surface area contributed by atoms with Crippen LogP contribution in [0.1, 0.15) is 11.1 Å². The topological polar surface area (TPSA) is 50.5 Å². The van der Waals surface area contributed by atoms with Gasteiger partial charge in [0.1, 0.15) is 0 Å². The smallest absolute Gasteiger partial charge is 0.347 e. The Balaban J connectivity index is 2.38. The number of halogens is 4. The quantitative estimate of drug-likeness (QED) is 0.508. The lowest BCUT2D eigenvalue weighted by Crippen LogP contribution is -2.48. The van der Waals surface area contributed by atoms with Gasteiger partial charge >= 0.3 is 13.2 Å². The monoisotopic (exact) mass is 291 g/mol. The number of ether oxygens (including phenoxy) is 1. The third-order valence-corrected chi connectivity index (χ3v) is 2.95. The summed E-state index contributed by atoms with van der Waals surface area (Å²) in [6.45, 7) is -4.34. The maximum atomic E-state index is 12.6. The standard InChI is InChI=1S/C12H13F4N3O/c1-7-6-8(2-3-9(7)17)12(20-11(15)16)4-5-19(18-12)10(13)14/h2-6,10-11,18H,17H2,1H3. The number of aryl methyl sites for hydroxylation is 1. The van der Waals surface area contributed by atoms with Gasteiger partial charge in [0.15, 0.2) is 5.72 Å². The van der Waals surface area contributed by atoms with E-state index in [0.29, 0.717) is 16.3 Å². The number of benzene rings is 1. The van der Waals surface area contributed by atoms with Gasteiger partial charge in [0.25, 0.3) is 0 Å². The van der Waals surface area contributed by atoms with E-state index in [1.807, 2.05) is 0 Å². The maximum absolute atomic E-state index is 12.6. The molecule has 1 aromatic rings. The predicted octanol–water partition coefficient (Wildman–Crippen LogP) is 2.53. The summed E-state index contributed by atoms with van der Waals surface area (Å²) >= 11 is 0. The van der Waals surface area contributed by atoms with Crippen molar-refractivity contribution in [3.05, 3.63) is 41.6 Å². The fourth-order valence-corrected chi connectivity index (χ4v) is 1.91. The number of hydrogen-bond donors (Lipinski definition) is 2. The van der Waals surface area contributed by atoms with E-state index < -0.39 is 18.9 Å². The number of nitrogens with zero attached hydrogens (tertiary/aromatic N) is 1. The minimum absolute atomic E-state index is 0.254. The van der Waals surface area contributed by atoms with Gasteiger partial charge in [-0.3, -0.25) is 9.75 Å². The van der Waals surface area contributed by atoms with Crippen molar-refractivity contribution >= 4 is 5.69 Å². The second-order valence-electron chi connectivity index (χ2n) is 4.30.